The fourth-order valence-electron chi connectivity index (χ4n) is 5.59. The van der Waals surface area contributed by atoms with Gasteiger partial charge >= 0.3 is 12.1 Å². The van der Waals surface area contributed by atoms with Gasteiger partial charge in [0, 0.05) is 17.1 Å². The first-order chi connectivity index (χ1) is 19.2. The van der Waals surface area contributed by atoms with E-state index in [1.54, 1.807) is 41.3 Å². The zero-order valence-corrected chi connectivity index (χ0v) is 21.9. The summed E-state index contributed by atoms with van der Waals surface area (Å²) < 4.78 is 19.5. The van der Waals surface area contributed by atoms with Gasteiger partial charge in [-0.1, -0.05) is 23.7 Å². The first kappa shape index (κ1) is 25.8. The van der Waals surface area contributed by atoms with E-state index in [0.29, 0.717) is 52.5 Å². The Balaban J connectivity index is 1.37. The van der Waals surface area contributed by atoms with Crippen LogP contribution in [-0.4, -0.2) is 51.0 Å². The van der Waals surface area contributed by atoms with Crippen molar-refractivity contribution in [1.29, 1.82) is 0 Å². The Morgan fingerprint density at radius 2 is 1.95 bits per heavy atom. The molecule has 1 fully saturated rings. The number of H-pyrrole nitrogens is 1. The number of nitrogens with one attached hydrogen (secondary N) is 2. The van der Waals surface area contributed by atoms with Gasteiger partial charge in [0.05, 0.1) is 28.8 Å². The van der Waals surface area contributed by atoms with Crippen LogP contribution in [0.15, 0.2) is 60.7 Å². The van der Waals surface area contributed by atoms with Gasteiger partial charge in [-0.3, -0.25) is 10.1 Å². The largest absolute Gasteiger partial charge is 0.478 e. The number of fused-ring (bicyclic) bond motifs is 3. The quantitative estimate of drug-likeness (QED) is 0.297. The normalized spacial score (nSPS) is 19.1. The number of amides is 2. The van der Waals surface area contributed by atoms with E-state index in [9.17, 15) is 23.9 Å². The van der Waals surface area contributed by atoms with Crippen LogP contribution in [0.2, 0.25) is 5.02 Å². The summed E-state index contributed by atoms with van der Waals surface area (Å²) in [5.74, 6) is -2.15. The Morgan fingerprint density at radius 3 is 2.73 bits per heavy atom. The predicted molar refractivity (Wildman–Crippen MR) is 145 cm³/mol. The summed E-state index contributed by atoms with van der Waals surface area (Å²) >= 11 is 6.29. The van der Waals surface area contributed by atoms with Crippen LogP contribution in [0.4, 0.5) is 14.9 Å². The van der Waals surface area contributed by atoms with E-state index in [-0.39, 0.29) is 30.3 Å². The van der Waals surface area contributed by atoms with Crippen molar-refractivity contribution in [2.45, 2.75) is 30.8 Å². The molecule has 9 nitrogen and oxygen atoms in total. The van der Waals surface area contributed by atoms with E-state index < -0.39 is 23.6 Å². The Morgan fingerprint density at radius 1 is 1.15 bits per heavy atom. The predicted octanol–water partition coefficient (Wildman–Crippen LogP) is 5.46. The van der Waals surface area contributed by atoms with Crippen LogP contribution < -0.4 is 5.32 Å². The molecule has 6 rings (SSSR count). The summed E-state index contributed by atoms with van der Waals surface area (Å²) in [7, 11) is 0. The number of likely N-dealkylation sites (tertiary alicyclic amines) is 1. The monoisotopic (exact) mass is 562 g/mol. The highest BCUT2D eigenvalue weighted by molar-refractivity contribution is 6.30. The van der Waals surface area contributed by atoms with E-state index in [0.717, 1.165) is 5.56 Å². The van der Waals surface area contributed by atoms with Crippen molar-refractivity contribution in [3.8, 4) is 0 Å². The summed E-state index contributed by atoms with van der Waals surface area (Å²) in [6, 6.07) is 15.6. The zero-order chi connectivity index (χ0) is 28.0. The molecular formula is C29H24ClFN4O5. The number of carbonyl (C=O) groups excluding carboxylic acids is 2. The first-order valence-electron chi connectivity index (χ1n) is 12.8. The number of halogens is 2. The number of hydrogen-bond donors (Lipinski definition) is 3. The topological polar surface area (TPSA) is 125 Å². The average Bonchev–Trinajstić information content (AvgIpc) is 3.36. The minimum Gasteiger partial charge on any atom is -0.478 e. The summed E-state index contributed by atoms with van der Waals surface area (Å²) in [6.45, 7) is 0.556. The molecule has 11 heteroatoms. The molecule has 4 aromatic rings. The van der Waals surface area contributed by atoms with Crippen molar-refractivity contribution in [2.75, 3.05) is 18.4 Å². The number of aromatic nitrogens is 2. The first-order valence-corrected chi connectivity index (χ1v) is 13.1. The van der Waals surface area contributed by atoms with E-state index in [1.807, 2.05) is 0 Å². The van der Waals surface area contributed by atoms with Gasteiger partial charge in [0.2, 0.25) is 5.91 Å². The van der Waals surface area contributed by atoms with Gasteiger partial charge in [0.25, 0.3) is 0 Å². The number of carboxylic acid groups (broad SMARTS) is 1. The van der Waals surface area contributed by atoms with Gasteiger partial charge in [0.15, 0.2) is 5.60 Å². The lowest BCUT2D eigenvalue weighted by Gasteiger charge is -2.45. The lowest BCUT2D eigenvalue weighted by atomic mass is 9.83. The summed E-state index contributed by atoms with van der Waals surface area (Å²) in [5, 5.41) is 12.6. The molecule has 1 aromatic heterocycles. The van der Waals surface area contributed by atoms with Crippen LogP contribution in [0.25, 0.3) is 11.0 Å². The van der Waals surface area contributed by atoms with Crippen molar-refractivity contribution >= 4 is 46.3 Å². The molecule has 2 amide bonds. The van der Waals surface area contributed by atoms with Gasteiger partial charge in [0.1, 0.15) is 17.6 Å². The lowest BCUT2D eigenvalue weighted by molar-refractivity contribution is -0.140. The molecule has 0 bridgehead atoms. The molecule has 2 atom stereocenters. The molecule has 1 saturated heterocycles. The number of imidazole rings is 1. The third-order valence-electron chi connectivity index (χ3n) is 7.49. The van der Waals surface area contributed by atoms with Crippen molar-refractivity contribution in [2.24, 2.45) is 0 Å². The minimum absolute atomic E-state index is 0.0899. The fourth-order valence-corrected chi connectivity index (χ4v) is 5.76. The zero-order valence-electron chi connectivity index (χ0n) is 21.1. The number of aromatic carboxylic acids is 1. The molecule has 1 spiro atoms. The molecule has 2 aliphatic heterocycles. The summed E-state index contributed by atoms with van der Waals surface area (Å²) in [4.78, 5) is 47.6. The number of benzene rings is 3. The van der Waals surface area contributed by atoms with Crippen LogP contribution in [0.3, 0.4) is 0 Å². The molecule has 0 radical (unpaired) electrons. The molecule has 0 saturated carbocycles. The molecule has 204 valence electrons. The SMILES string of the molecule is O=C1Nc2ccc(Cl)cc2[C@@]2(CCCN(C(=O)C(Cc3ccc(F)cc3)c3nc4ccc(C(=O)O)cc4[nH]3)C2)O1. The maximum absolute atomic E-state index is 14.2. The van der Waals surface area contributed by atoms with Crippen molar-refractivity contribution in [1.82, 2.24) is 14.9 Å². The van der Waals surface area contributed by atoms with Crippen molar-refractivity contribution in [3.63, 3.8) is 0 Å². The molecular weight excluding hydrogens is 539 g/mol. The van der Waals surface area contributed by atoms with Crippen LogP contribution in [-0.2, 0) is 21.6 Å². The van der Waals surface area contributed by atoms with Crippen molar-refractivity contribution < 1.29 is 28.6 Å². The molecule has 0 aliphatic carbocycles. The second kappa shape index (κ2) is 9.95. The third-order valence-corrected chi connectivity index (χ3v) is 7.73. The molecule has 1 unspecified atom stereocenters. The van der Waals surface area contributed by atoms with Gasteiger partial charge < -0.3 is 19.7 Å². The number of carbonyl (C=O) groups is 3. The number of aromatic amines is 1. The van der Waals surface area contributed by atoms with E-state index in [1.165, 1.54) is 24.3 Å². The van der Waals surface area contributed by atoms with E-state index in [4.69, 9.17) is 16.3 Å². The van der Waals surface area contributed by atoms with Gasteiger partial charge in [-0.2, -0.15) is 0 Å². The number of rotatable bonds is 5. The highest BCUT2D eigenvalue weighted by atomic mass is 35.5. The molecule has 3 N–H and O–H groups in total. The van der Waals surface area contributed by atoms with Crippen LogP contribution in [0, 0.1) is 5.82 Å². The molecule has 40 heavy (non-hydrogen) atoms. The Hall–Kier alpha value is -4.44. The fraction of sp³-hybridized carbons (Fsp3) is 0.241. The molecule has 3 aromatic carbocycles. The standard InChI is InChI=1S/C29H24ClFN4O5/c30-18-5-9-22-21(14-18)29(40-28(39)34-22)10-1-11-35(15-29)26(36)20(12-16-2-6-19(31)7-3-16)25-32-23-8-4-17(27(37)38)13-24(23)33-25/h2-9,13-14,20H,1,10-12,15H2,(H,32,33)(H,34,39)(H,37,38)/t20?,29-/m0/s1. The summed E-state index contributed by atoms with van der Waals surface area (Å²) in [6.07, 6.45) is 0.718. The van der Waals surface area contributed by atoms with Crippen molar-refractivity contribution in [3.05, 3.63) is 94.0 Å². The second-order valence-electron chi connectivity index (χ2n) is 10.1. The summed E-state index contributed by atoms with van der Waals surface area (Å²) in [5.41, 5.74) is 2.04. The highest BCUT2D eigenvalue weighted by Gasteiger charge is 2.47. The van der Waals surface area contributed by atoms with Gasteiger partial charge in [-0.05, 0) is 73.4 Å². The number of nitrogens with zero attached hydrogens (tertiary/aromatic N) is 2. The Labute approximate surface area is 232 Å². The number of piperidine rings is 1. The number of hydrogen-bond acceptors (Lipinski definition) is 5. The lowest BCUT2D eigenvalue weighted by Crippen LogP contribution is -2.54. The van der Waals surface area contributed by atoms with Gasteiger partial charge in [-0.25, -0.2) is 19.0 Å². The maximum Gasteiger partial charge on any atom is 0.412 e. The van der Waals surface area contributed by atoms with E-state index in [2.05, 4.69) is 15.3 Å². The van der Waals surface area contributed by atoms with Crippen LogP contribution >= 0.6 is 11.6 Å². The second-order valence-corrected chi connectivity index (χ2v) is 10.5. The van der Waals surface area contributed by atoms with Crippen LogP contribution in [0.5, 0.6) is 0 Å². The highest BCUT2D eigenvalue weighted by Crippen LogP contribution is 2.44. The Kier molecular flexibility index (Phi) is 6.42. The Bertz CT molecular complexity index is 1660. The number of ether oxygens (including phenoxy) is 1. The minimum atomic E-state index is -1.08. The third kappa shape index (κ3) is 4.75. The number of anilines is 1. The average molecular weight is 563 g/mol. The molecule has 2 aliphatic rings. The van der Waals surface area contributed by atoms with E-state index >= 15 is 0 Å². The maximum atomic E-state index is 14.2. The van der Waals surface area contributed by atoms with Gasteiger partial charge in [-0.15, -0.1) is 0 Å². The van der Waals surface area contributed by atoms with Crippen LogP contribution in [0.1, 0.15) is 46.1 Å². The smallest absolute Gasteiger partial charge is 0.412 e. The number of carboxylic acids is 1. The molecule has 3 heterocycles.